The van der Waals surface area contributed by atoms with Gasteiger partial charge >= 0.3 is 0 Å². The lowest BCUT2D eigenvalue weighted by Gasteiger charge is -2.07. The van der Waals surface area contributed by atoms with Gasteiger partial charge in [0.05, 0.1) is 17.7 Å². The van der Waals surface area contributed by atoms with Gasteiger partial charge in [-0.05, 0) is 13.8 Å². The van der Waals surface area contributed by atoms with Crippen molar-refractivity contribution in [2.75, 3.05) is 10.7 Å². The van der Waals surface area contributed by atoms with Gasteiger partial charge in [0.2, 0.25) is 0 Å². The predicted octanol–water partition coefficient (Wildman–Crippen LogP) is 1.45. The largest absolute Gasteiger partial charge is 0.365 e. The molecule has 0 amide bonds. The van der Waals surface area contributed by atoms with Crippen LogP contribution < -0.4 is 16.6 Å². The second kappa shape index (κ2) is 5.07. The van der Waals surface area contributed by atoms with E-state index in [0.717, 1.165) is 11.5 Å². The predicted molar refractivity (Wildman–Crippen MR) is 68.8 cm³/mol. The van der Waals surface area contributed by atoms with Gasteiger partial charge in [-0.1, -0.05) is 0 Å². The van der Waals surface area contributed by atoms with E-state index in [0.29, 0.717) is 18.2 Å². The van der Waals surface area contributed by atoms with E-state index in [2.05, 4.69) is 25.7 Å². The molecule has 0 saturated carbocycles. The first-order valence-electron chi connectivity index (χ1n) is 5.14. The smallest absolute Gasteiger partial charge is 0.145 e. The molecule has 0 aliphatic carbocycles. The van der Waals surface area contributed by atoms with E-state index in [4.69, 9.17) is 5.84 Å². The monoisotopic (exact) mass is 250 g/mol. The van der Waals surface area contributed by atoms with Crippen molar-refractivity contribution >= 4 is 23.0 Å². The van der Waals surface area contributed by atoms with Crippen LogP contribution in [0, 0.1) is 13.8 Å². The molecule has 0 saturated heterocycles. The van der Waals surface area contributed by atoms with Crippen molar-refractivity contribution in [1.29, 1.82) is 0 Å². The lowest BCUT2D eigenvalue weighted by Crippen LogP contribution is -2.11. The summed E-state index contributed by atoms with van der Waals surface area (Å²) in [6.07, 6.45) is 0. The quantitative estimate of drug-likeness (QED) is 0.562. The summed E-state index contributed by atoms with van der Waals surface area (Å²) >= 11 is 1.63. The van der Waals surface area contributed by atoms with Crippen molar-refractivity contribution < 1.29 is 0 Å². The number of rotatable bonds is 4. The summed E-state index contributed by atoms with van der Waals surface area (Å²) in [6.45, 7) is 4.52. The molecule has 17 heavy (non-hydrogen) atoms. The standard InChI is InChI=1S/C10H14N6S/c1-6-8(17-5-13-6)4-12-9-3-10(16-11)15-7(2)14-9/h3,5H,4,11H2,1-2H3,(H2,12,14,15,16). The van der Waals surface area contributed by atoms with Crippen LogP contribution in [0.2, 0.25) is 0 Å². The molecule has 0 bridgehead atoms. The normalized spacial score (nSPS) is 10.3. The van der Waals surface area contributed by atoms with E-state index < -0.39 is 0 Å². The number of thiazole rings is 1. The molecule has 0 spiro atoms. The highest BCUT2D eigenvalue weighted by atomic mass is 32.1. The summed E-state index contributed by atoms with van der Waals surface area (Å²) in [4.78, 5) is 13.8. The van der Waals surface area contributed by atoms with Crippen LogP contribution in [-0.2, 0) is 6.54 Å². The molecule has 0 unspecified atom stereocenters. The number of nitrogens with zero attached hydrogens (tertiary/aromatic N) is 3. The van der Waals surface area contributed by atoms with Crippen LogP contribution in [0.1, 0.15) is 16.4 Å². The Morgan fingerprint density at radius 1 is 1.29 bits per heavy atom. The van der Waals surface area contributed by atoms with Gasteiger partial charge in [-0.25, -0.2) is 20.8 Å². The molecule has 90 valence electrons. The van der Waals surface area contributed by atoms with E-state index in [1.54, 1.807) is 17.4 Å². The summed E-state index contributed by atoms with van der Waals surface area (Å²) < 4.78 is 0. The number of hydrazine groups is 1. The first kappa shape index (κ1) is 11.7. The maximum Gasteiger partial charge on any atom is 0.145 e. The van der Waals surface area contributed by atoms with Crippen molar-refractivity contribution in [1.82, 2.24) is 15.0 Å². The van der Waals surface area contributed by atoms with Crippen LogP contribution in [-0.4, -0.2) is 15.0 Å². The van der Waals surface area contributed by atoms with Crippen molar-refractivity contribution in [3.63, 3.8) is 0 Å². The molecule has 2 heterocycles. The van der Waals surface area contributed by atoms with Crippen LogP contribution in [0.15, 0.2) is 11.6 Å². The molecule has 0 radical (unpaired) electrons. The summed E-state index contributed by atoms with van der Waals surface area (Å²) in [7, 11) is 0. The molecule has 0 atom stereocenters. The minimum Gasteiger partial charge on any atom is -0.365 e. The molecule has 7 heteroatoms. The molecular weight excluding hydrogens is 236 g/mol. The second-order valence-corrected chi connectivity index (χ2v) is 4.48. The first-order chi connectivity index (χ1) is 8.19. The molecule has 4 N–H and O–H groups in total. The fourth-order valence-corrected chi connectivity index (χ4v) is 2.12. The summed E-state index contributed by atoms with van der Waals surface area (Å²) in [5.41, 5.74) is 5.40. The molecule has 0 aromatic carbocycles. The van der Waals surface area contributed by atoms with Crippen molar-refractivity contribution in [3.8, 4) is 0 Å². The lowest BCUT2D eigenvalue weighted by molar-refractivity contribution is 1.02. The second-order valence-electron chi connectivity index (χ2n) is 3.54. The highest BCUT2D eigenvalue weighted by molar-refractivity contribution is 7.09. The van der Waals surface area contributed by atoms with Crippen LogP contribution in [0.25, 0.3) is 0 Å². The molecule has 2 aromatic rings. The summed E-state index contributed by atoms with van der Waals surface area (Å²) in [5.74, 6) is 7.34. The van der Waals surface area contributed by atoms with Crippen molar-refractivity contribution in [3.05, 3.63) is 28.0 Å². The maximum absolute atomic E-state index is 5.33. The Morgan fingerprint density at radius 2 is 2.06 bits per heavy atom. The van der Waals surface area contributed by atoms with Gasteiger partial charge < -0.3 is 10.7 Å². The van der Waals surface area contributed by atoms with Gasteiger partial charge in [-0.2, -0.15) is 0 Å². The van der Waals surface area contributed by atoms with E-state index in [9.17, 15) is 0 Å². The van der Waals surface area contributed by atoms with Crippen molar-refractivity contribution in [2.45, 2.75) is 20.4 Å². The Hall–Kier alpha value is -1.73. The molecule has 0 fully saturated rings. The summed E-state index contributed by atoms with van der Waals surface area (Å²) in [6, 6.07) is 1.77. The van der Waals surface area contributed by atoms with Gasteiger partial charge in [-0.15, -0.1) is 11.3 Å². The minimum absolute atomic E-state index is 0.598. The Kier molecular flexibility index (Phi) is 3.50. The average Bonchev–Trinajstić information content (AvgIpc) is 2.71. The van der Waals surface area contributed by atoms with Crippen LogP contribution >= 0.6 is 11.3 Å². The number of hydrogen-bond donors (Lipinski definition) is 3. The topological polar surface area (TPSA) is 88.8 Å². The molecule has 2 rings (SSSR count). The summed E-state index contributed by atoms with van der Waals surface area (Å²) in [5, 5.41) is 3.23. The molecule has 0 aliphatic rings. The Morgan fingerprint density at radius 3 is 2.71 bits per heavy atom. The number of aromatic nitrogens is 3. The number of nitrogens with one attached hydrogen (secondary N) is 2. The number of aryl methyl sites for hydroxylation is 2. The zero-order valence-corrected chi connectivity index (χ0v) is 10.5. The Balaban J connectivity index is 2.09. The van der Waals surface area contributed by atoms with Gasteiger partial charge in [0.25, 0.3) is 0 Å². The fraction of sp³-hybridized carbons (Fsp3) is 0.300. The SMILES string of the molecule is Cc1nc(NN)cc(NCc2scnc2C)n1. The van der Waals surface area contributed by atoms with Crippen LogP contribution in [0.4, 0.5) is 11.6 Å². The molecule has 2 aromatic heterocycles. The highest BCUT2D eigenvalue weighted by Gasteiger charge is 2.03. The molecule has 6 nitrogen and oxygen atoms in total. The van der Waals surface area contributed by atoms with Crippen LogP contribution in [0.5, 0.6) is 0 Å². The van der Waals surface area contributed by atoms with Gasteiger partial charge in [0.1, 0.15) is 17.5 Å². The van der Waals surface area contributed by atoms with Crippen molar-refractivity contribution in [2.24, 2.45) is 5.84 Å². The third-order valence-electron chi connectivity index (χ3n) is 2.26. The average molecular weight is 250 g/mol. The van der Waals surface area contributed by atoms with E-state index in [1.165, 1.54) is 4.88 Å². The number of nitrogens with two attached hydrogens (primary N) is 1. The number of anilines is 2. The Labute approximate surface area is 103 Å². The minimum atomic E-state index is 0.598. The third kappa shape index (κ3) is 2.89. The molecule has 0 aliphatic heterocycles. The van der Waals surface area contributed by atoms with Gasteiger partial charge in [0.15, 0.2) is 0 Å². The number of hydrogen-bond acceptors (Lipinski definition) is 7. The zero-order chi connectivity index (χ0) is 12.3. The van der Waals surface area contributed by atoms with E-state index >= 15 is 0 Å². The van der Waals surface area contributed by atoms with E-state index in [1.807, 2.05) is 19.4 Å². The molecular formula is C10H14N6S. The van der Waals surface area contributed by atoms with Crippen LogP contribution in [0.3, 0.4) is 0 Å². The lowest BCUT2D eigenvalue weighted by atomic mass is 10.4. The zero-order valence-electron chi connectivity index (χ0n) is 9.69. The highest BCUT2D eigenvalue weighted by Crippen LogP contribution is 2.15. The fourth-order valence-electron chi connectivity index (χ4n) is 1.40. The third-order valence-corrected chi connectivity index (χ3v) is 3.20. The van der Waals surface area contributed by atoms with Gasteiger partial charge in [-0.3, -0.25) is 0 Å². The number of nitrogen functional groups attached to an aromatic ring is 1. The Bertz CT molecular complexity index is 509. The first-order valence-corrected chi connectivity index (χ1v) is 6.02. The maximum atomic E-state index is 5.33. The van der Waals surface area contributed by atoms with Gasteiger partial charge in [0, 0.05) is 10.9 Å². The van der Waals surface area contributed by atoms with E-state index in [-0.39, 0.29) is 0 Å².